The van der Waals surface area contributed by atoms with Crippen molar-refractivity contribution in [3.05, 3.63) is 44.4 Å². The van der Waals surface area contributed by atoms with E-state index in [0.29, 0.717) is 48.7 Å². The van der Waals surface area contributed by atoms with Crippen LogP contribution in [0, 0.1) is 16.7 Å². The Morgan fingerprint density at radius 3 is 2.54 bits per heavy atom. The highest BCUT2D eigenvalue weighted by atomic mass is 32.1. The Morgan fingerprint density at radius 2 is 1.85 bits per heavy atom. The topological polar surface area (TPSA) is 105 Å². The van der Waals surface area contributed by atoms with Crippen LogP contribution in [0.25, 0.3) is 0 Å². The van der Waals surface area contributed by atoms with Crippen molar-refractivity contribution < 1.29 is 14.1 Å². The van der Waals surface area contributed by atoms with Gasteiger partial charge in [-0.15, -0.1) is 22.7 Å². The average molecular weight is 567 g/mol. The normalized spacial score (nSPS) is 26.2. The summed E-state index contributed by atoms with van der Waals surface area (Å²) in [5, 5.41) is 7.79. The van der Waals surface area contributed by atoms with Crippen LogP contribution in [0.15, 0.2) is 21.6 Å². The van der Waals surface area contributed by atoms with Gasteiger partial charge in [0, 0.05) is 48.8 Å². The molecular weight excluding hydrogens is 532 g/mol. The molecular formula is C28H34N6O3S2. The number of aromatic nitrogens is 4. The molecule has 5 heterocycles. The number of nitrogens with zero attached hydrogens (tertiary/aromatic N) is 6. The van der Waals surface area contributed by atoms with Gasteiger partial charge in [-0.25, -0.2) is 4.98 Å². The molecule has 39 heavy (non-hydrogen) atoms. The molecule has 206 valence electrons. The predicted octanol–water partition coefficient (Wildman–Crippen LogP) is 4.91. The molecule has 2 aliphatic carbocycles. The van der Waals surface area contributed by atoms with E-state index in [9.17, 15) is 9.59 Å². The fourth-order valence-electron chi connectivity index (χ4n) is 6.81. The van der Waals surface area contributed by atoms with Gasteiger partial charge in [-0.05, 0) is 31.6 Å². The summed E-state index contributed by atoms with van der Waals surface area (Å²) in [6, 6.07) is 0. The highest BCUT2D eigenvalue weighted by Crippen LogP contribution is 2.55. The number of amides is 2. The van der Waals surface area contributed by atoms with Gasteiger partial charge >= 0.3 is 0 Å². The number of thiazole rings is 2. The molecule has 0 N–H and O–H groups in total. The lowest BCUT2D eigenvalue weighted by atomic mass is 9.71. The van der Waals surface area contributed by atoms with E-state index in [1.54, 1.807) is 23.0 Å². The second-order valence-corrected chi connectivity index (χ2v) is 14.5. The molecule has 0 bridgehead atoms. The van der Waals surface area contributed by atoms with Crippen molar-refractivity contribution in [1.82, 2.24) is 29.9 Å². The third kappa shape index (κ3) is 4.32. The summed E-state index contributed by atoms with van der Waals surface area (Å²) in [6.07, 6.45) is 7.60. The SMILES string of the molecule is CC(c1csc(C2CCCC2)n1)c1nc(C2CN(C(=O)c3cncs3)CC23CN(C(=O)[C@H]2CC2(C)C)C3)no1. The van der Waals surface area contributed by atoms with Crippen LogP contribution in [0.5, 0.6) is 0 Å². The zero-order chi connectivity index (χ0) is 26.9. The first kappa shape index (κ1) is 25.3. The van der Waals surface area contributed by atoms with Crippen molar-refractivity contribution in [2.75, 3.05) is 26.2 Å². The number of carbonyl (C=O) groups is 2. The lowest BCUT2D eigenvalue weighted by molar-refractivity contribution is -0.145. The Bertz CT molecular complexity index is 1390. The largest absolute Gasteiger partial charge is 0.341 e. The van der Waals surface area contributed by atoms with Crippen molar-refractivity contribution in [3.8, 4) is 0 Å². The Morgan fingerprint density at radius 1 is 1.10 bits per heavy atom. The first-order chi connectivity index (χ1) is 18.7. The van der Waals surface area contributed by atoms with E-state index in [2.05, 4.69) is 36.3 Å². The van der Waals surface area contributed by atoms with Crippen LogP contribution in [-0.2, 0) is 4.79 Å². The average Bonchev–Trinajstić information content (AvgIpc) is 3.63. The van der Waals surface area contributed by atoms with E-state index < -0.39 is 0 Å². The molecule has 2 saturated heterocycles. The third-order valence-electron chi connectivity index (χ3n) is 9.54. The summed E-state index contributed by atoms with van der Waals surface area (Å²) in [5.41, 5.74) is 2.49. The molecule has 11 heteroatoms. The maximum Gasteiger partial charge on any atom is 0.265 e. The molecule has 2 saturated carbocycles. The van der Waals surface area contributed by atoms with Crippen molar-refractivity contribution in [2.24, 2.45) is 16.7 Å². The number of hydrogen-bond acceptors (Lipinski definition) is 9. The standard InChI is InChI=1S/C28H34N6O3S2/c1-16(20-11-38-24(30-20)17-6-4-5-7-17)23-31-22(32-37-23)19-10-33(26(36)21-9-29-15-39-21)12-28(19)13-34(14-28)25(35)18-8-27(18,2)3/h9,11,15-19H,4-8,10,12-14H2,1-3H3/t16?,18-,19?/m1/s1. The summed E-state index contributed by atoms with van der Waals surface area (Å²) >= 11 is 3.09. The quantitative estimate of drug-likeness (QED) is 0.418. The molecule has 3 aromatic heterocycles. The zero-order valence-electron chi connectivity index (χ0n) is 22.6. The highest BCUT2D eigenvalue weighted by molar-refractivity contribution is 7.11. The maximum atomic E-state index is 13.3. The number of likely N-dealkylation sites (tertiary alicyclic amines) is 2. The van der Waals surface area contributed by atoms with Crippen LogP contribution >= 0.6 is 22.7 Å². The second kappa shape index (κ2) is 9.19. The Labute approximate surface area is 236 Å². The Hall–Kier alpha value is -2.66. The van der Waals surface area contributed by atoms with Gasteiger partial charge < -0.3 is 14.3 Å². The van der Waals surface area contributed by atoms with Gasteiger partial charge in [-0.1, -0.05) is 31.8 Å². The summed E-state index contributed by atoms with van der Waals surface area (Å²) in [4.78, 5) is 44.8. The summed E-state index contributed by atoms with van der Waals surface area (Å²) in [6.45, 7) is 8.68. The molecule has 7 rings (SSSR count). The number of carbonyl (C=O) groups excluding carboxylic acids is 2. The second-order valence-electron chi connectivity index (χ2n) is 12.7. The minimum Gasteiger partial charge on any atom is -0.341 e. The van der Waals surface area contributed by atoms with Gasteiger partial charge in [-0.3, -0.25) is 14.6 Å². The van der Waals surface area contributed by atoms with E-state index in [0.717, 1.165) is 12.1 Å². The van der Waals surface area contributed by atoms with Crippen molar-refractivity contribution >= 4 is 34.5 Å². The van der Waals surface area contributed by atoms with E-state index in [1.807, 2.05) is 9.80 Å². The molecule has 4 aliphatic rings. The van der Waals surface area contributed by atoms with Crippen LogP contribution < -0.4 is 0 Å². The molecule has 2 amide bonds. The maximum absolute atomic E-state index is 13.3. The smallest absolute Gasteiger partial charge is 0.265 e. The van der Waals surface area contributed by atoms with Crippen molar-refractivity contribution in [2.45, 2.75) is 70.6 Å². The molecule has 2 aliphatic heterocycles. The van der Waals surface area contributed by atoms with E-state index in [4.69, 9.17) is 14.5 Å². The Kier molecular flexibility index (Phi) is 5.97. The van der Waals surface area contributed by atoms with Crippen LogP contribution in [0.1, 0.15) is 103 Å². The van der Waals surface area contributed by atoms with Gasteiger partial charge in [0.1, 0.15) is 4.88 Å². The number of rotatable bonds is 6. The van der Waals surface area contributed by atoms with Gasteiger partial charge in [0.15, 0.2) is 5.82 Å². The van der Waals surface area contributed by atoms with Crippen LogP contribution in [-0.4, -0.2) is 67.9 Å². The molecule has 9 nitrogen and oxygen atoms in total. The number of hydrogen-bond donors (Lipinski definition) is 0. The fourth-order valence-corrected chi connectivity index (χ4v) is 8.48. The van der Waals surface area contributed by atoms with Crippen LogP contribution in [0.2, 0.25) is 0 Å². The van der Waals surface area contributed by atoms with Crippen molar-refractivity contribution in [1.29, 1.82) is 0 Å². The lowest BCUT2D eigenvalue weighted by Crippen LogP contribution is -2.62. The zero-order valence-corrected chi connectivity index (χ0v) is 24.3. The molecule has 3 atom stereocenters. The lowest BCUT2D eigenvalue weighted by Gasteiger charge is -2.50. The summed E-state index contributed by atoms with van der Waals surface area (Å²) in [5.74, 6) is 1.90. The van der Waals surface area contributed by atoms with E-state index >= 15 is 0 Å². The van der Waals surface area contributed by atoms with E-state index in [-0.39, 0.29) is 40.4 Å². The molecule has 4 fully saturated rings. The first-order valence-electron chi connectivity index (χ1n) is 14.0. The minimum atomic E-state index is -0.268. The molecule has 0 aromatic carbocycles. The van der Waals surface area contributed by atoms with Gasteiger partial charge in [0.25, 0.3) is 5.91 Å². The van der Waals surface area contributed by atoms with E-state index in [1.165, 1.54) is 42.0 Å². The molecule has 3 aromatic rings. The predicted molar refractivity (Wildman–Crippen MR) is 147 cm³/mol. The summed E-state index contributed by atoms with van der Waals surface area (Å²) < 4.78 is 5.82. The molecule has 2 unspecified atom stereocenters. The van der Waals surface area contributed by atoms with Crippen LogP contribution in [0.4, 0.5) is 0 Å². The fraction of sp³-hybridized carbons (Fsp3) is 0.643. The van der Waals surface area contributed by atoms with Gasteiger partial charge in [0.05, 0.1) is 34.2 Å². The third-order valence-corrected chi connectivity index (χ3v) is 11.3. The van der Waals surface area contributed by atoms with Gasteiger partial charge in [0.2, 0.25) is 11.8 Å². The molecule has 1 spiro atoms. The highest BCUT2D eigenvalue weighted by Gasteiger charge is 2.61. The summed E-state index contributed by atoms with van der Waals surface area (Å²) in [7, 11) is 0. The monoisotopic (exact) mass is 566 g/mol. The first-order valence-corrected chi connectivity index (χ1v) is 15.8. The van der Waals surface area contributed by atoms with Gasteiger partial charge in [-0.2, -0.15) is 4.98 Å². The Balaban J connectivity index is 1.12. The van der Waals surface area contributed by atoms with Crippen LogP contribution in [0.3, 0.4) is 0 Å². The minimum absolute atomic E-state index is 0.0218. The van der Waals surface area contributed by atoms with Crippen molar-refractivity contribution in [3.63, 3.8) is 0 Å². The molecule has 0 radical (unpaired) electrons.